The number of carbonyl (C=O) groups is 1. The average molecular weight is 337 g/mol. The monoisotopic (exact) mass is 336 g/mol. The number of halogens is 1. The molecule has 0 saturated carbocycles. The Labute approximate surface area is 126 Å². The molecule has 0 fully saturated rings. The van der Waals surface area contributed by atoms with Crippen LogP contribution in [0.25, 0.3) is 11.4 Å². The predicted octanol–water partition coefficient (Wildman–Crippen LogP) is 3.97. The quantitative estimate of drug-likeness (QED) is 0.850. The van der Waals surface area contributed by atoms with Crippen molar-refractivity contribution in [1.29, 1.82) is 0 Å². The summed E-state index contributed by atoms with van der Waals surface area (Å²) in [7, 11) is 0. The highest BCUT2D eigenvalue weighted by atomic mass is 79.9. The van der Waals surface area contributed by atoms with Crippen LogP contribution in [0.2, 0.25) is 0 Å². The molecular weight excluding hydrogens is 320 g/mol. The fourth-order valence-corrected chi connectivity index (χ4v) is 2.19. The maximum absolute atomic E-state index is 12.0. The molecule has 4 nitrogen and oxygen atoms in total. The van der Waals surface area contributed by atoms with Crippen molar-refractivity contribution in [3.8, 4) is 11.4 Å². The minimum absolute atomic E-state index is 0.0835. The van der Waals surface area contributed by atoms with Gasteiger partial charge in [0.05, 0.1) is 6.42 Å². The third kappa shape index (κ3) is 3.33. The van der Waals surface area contributed by atoms with Crippen molar-refractivity contribution in [3.63, 3.8) is 0 Å². The molecule has 1 aromatic carbocycles. The number of ketones is 1. The molecule has 5 heteroatoms. The second-order valence-corrected chi connectivity index (χ2v) is 6.74. The third-order valence-corrected chi connectivity index (χ3v) is 3.54. The van der Waals surface area contributed by atoms with Crippen LogP contribution in [0.1, 0.15) is 32.2 Å². The smallest absolute Gasteiger partial charge is 0.234 e. The number of hydrogen-bond donors (Lipinski definition) is 0. The van der Waals surface area contributed by atoms with E-state index in [0.717, 1.165) is 15.6 Å². The van der Waals surface area contributed by atoms with E-state index in [1.54, 1.807) is 0 Å². The zero-order chi connectivity index (χ0) is 14.9. The Balaban J connectivity index is 2.23. The molecule has 20 heavy (non-hydrogen) atoms. The number of rotatable bonds is 3. The van der Waals surface area contributed by atoms with Crippen LogP contribution < -0.4 is 0 Å². The summed E-state index contributed by atoms with van der Waals surface area (Å²) < 4.78 is 6.18. The summed E-state index contributed by atoms with van der Waals surface area (Å²) in [6.07, 6.45) is 0.173. The van der Waals surface area contributed by atoms with E-state index in [1.165, 1.54) is 0 Å². The van der Waals surface area contributed by atoms with Crippen LogP contribution >= 0.6 is 15.9 Å². The van der Waals surface area contributed by atoms with Crippen molar-refractivity contribution < 1.29 is 9.32 Å². The molecule has 0 bridgehead atoms. The highest BCUT2D eigenvalue weighted by Gasteiger charge is 2.24. The summed E-state index contributed by atoms with van der Waals surface area (Å²) in [5.74, 6) is 0.967. The first-order chi connectivity index (χ1) is 9.27. The van der Waals surface area contributed by atoms with E-state index >= 15 is 0 Å². The molecule has 0 aliphatic carbocycles. The highest BCUT2D eigenvalue weighted by Crippen LogP contribution is 2.24. The van der Waals surface area contributed by atoms with Crippen LogP contribution in [0.3, 0.4) is 0 Å². The van der Waals surface area contributed by atoms with E-state index in [9.17, 15) is 4.79 Å². The van der Waals surface area contributed by atoms with Crippen LogP contribution in [0.5, 0.6) is 0 Å². The van der Waals surface area contributed by atoms with Crippen LogP contribution in [0.4, 0.5) is 0 Å². The van der Waals surface area contributed by atoms with Gasteiger partial charge in [0.1, 0.15) is 5.78 Å². The predicted molar refractivity (Wildman–Crippen MR) is 80.3 cm³/mol. The van der Waals surface area contributed by atoms with E-state index in [4.69, 9.17) is 4.52 Å². The fraction of sp³-hybridized carbons (Fsp3) is 0.400. The van der Waals surface area contributed by atoms with Crippen molar-refractivity contribution in [2.75, 3.05) is 0 Å². The first kappa shape index (κ1) is 14.9. The molecule has 0 aliphatic heterocycles. The van der Waals surface area contributed by atoms with Crippen LogP contribution in [-0.2, 0) is 11.2 Å². The van der Waals surface area contributed by atoms with E-state index in [2.05, 4.69) is 26.1 Å². The summed E-state index contributed by atoms with van der Waals surface area (Å²) in [5, 5.41) is 3.96. The van der Waals surface area contributed by atoms with Gasteiger partial charge in [0.25, 0.3) is 0 Å². The SMILES string of the molecule is Cc1cc(Br)ccc1-c1noc(CC(=O)C(C)(C)C)n1. The largest absolute Gasteiger partial charge is 0.339 e. The minimum Gasteiger partial charge on any atom is -0.339 e. The Bertz CT molecular complexity index is 642. The Morgan fingerprint density at radius 3 is 2.65 bits per heavy atom. The highest BCUT2D eigenvalue weighted by molar-refractivity contribution is 9.10. The first-order valence-electron chi connectivity index (χ1n) is 6.40. The van der Waals surface area contributed by atoms with Crippen LogP contribution in [0.15, 0.2) is 27.2 Å². The van der Waals surface area contributed by atoms with Gasteiger partial charge in [-0.1, -0.05) is 41.9 Å². The molecule has 0 aliphatic rings. The van der Waals surface area contributed by atoms with E-state index in [-0.39, 0.29) is 12.2 Å². The summed E-state index contributed by atoms with van der Waals surface area (Å²) in [6, 6.07) is 5.85. The van der Waals surface area contributed by atoms with Gasteiger partial charge >= 0.3 is 0 Å². The van der Waals surface area contributed by atoms with Crippen molar-refractivity contribution in [2.45, 2.75) is 34.1 Å². The molecule has 2 aromatic rings. The molecule has 0 radical (unpaired) electrons. The summed E-state index contributed by atoms with van der Waals surface area (Å²) in [6.45, 7) is 7.62. The lowest BCUT2D eigenvalue weighted by molar-refractivity contribution is -0.125. The Morgan fingerprint density at radius 1 is 1.35 bits per heavy atom. The van der Waals surface area contributed by atoms with Gasteiger partial charge in [-0.25, -0.2) is 0 Å². The second-order valence-electron chi connectivity index (χ2n) is 5.82. The van der Waals surface area contributed by atoms with Gasteiger partial charge in [0.15, 0.2) is 0 Å². The third-order valence-electron chi connectivity index (χ3n) is 3.05. The van der Waals surface area contributed by atoms with Crippen molar-refractivity contribution in [1.82, 2.24) is 10.1 Å². The Hall–Kier alpha value is -1.49. The molecule has 1 heterocycles. The maximum atomic E-state index is 12.0. The molecule has 0 saturated heterocycles. The van der Waals surface area contributed by atoms with Gasteiger partial charge in [0, 0.05) is 15.5 Å². The van der Waals surface area contributed by atoms with Gasteiger partial charge in [-0.15, -0.1) is 0 Å². The number of aryl methyl sites for hydroxylation is 1. The van der Waals surface area contributed by atoms with Gasteiger partial charge in [0.2, 0.25) is 11.7 Å². The van der Waals surface area contributed by atoms with E-state index < -0.39 is 5.41 Å². The van der Waals surface area contributed by atoms with Crippen molar-refractivity contribution in [2.24, 2.45) is 5.41 Å². The lowest BCUT2D eigenvalue weighted by Gasteiger charge is -2.14. The molecule has 0 N–H and O–H groups in total. The minimum atomic E-state index is -0.401. The standard InChI is InChI=1S/C15H17BrN2O2/c1-9-7-10(16)5-6-11(9)14-17-13(20-18-14)8-12(19)15(2,3)4/h5-7H,8H2,1-4H3. The molecule has 2 rings (SSSR count). The number of nitrogens with zero attached hydrogens (tertiary/aromatic N) is 2. The lowest BCUT2D eigenvalue weighted by atomic mass is 9.89. The Morgan fingerprint density at radius 2 is 2.05 bits per heavy atom. The zero-order valence-corrected chi connectivity index (χ0v) is 13.6. The lowest BCUT2D eigenvalue weighted by Crippen LogP contribution is -2.22. The molecule has 1 aromatic heterocycles. The normalized spacial score (nSPS) is 11.7. The number of carbonyl (C=O) groups excluding carboxylic acids is 1. The summed E-state index contributed by atoms with van der Waals surface area (Å²) in [5.41, 5.74) is 1.56. The topological polar surface area (TPSA) is 56.0 Å². The Kier molecular flexibility index (Phi) is 4.09. The number of aromatic nitrogens is 2. The van der Waals surface area contributed by atoms with Gasteiger partial charge < -0.3 is 4.52 Å². The maximum Gasteiger partial charge on any atom is 0.234 e. The second kappa shape index (κ2) is 5.48. The van der Waals surface area contributed by atoms with Gasteiger partial charge in [-0.2, -0.15) is 4.98 Å². The van der Waals surface area contributed by atoms with Crippen molar-refractivity contribution >= 4 is 21.7 Å². The van der Waals surface area contributed by atoms with Gasteiger partial charge in [-0.05, 0) is 30.7 Å². The van der Waals surface area contributed by atoms with E-state index in [0.29, 0.717) is 11.7 Å². The number of benzene rings is 1. The molecule has 106 valence electrons. The van der Waals surface area contributed by atoms with E-state index in [1.807, 2.05) is 45.9 Å². The average Bonchev–Trinajstić information content (AvgIpc) is 2.76. The van der Waals surface area contributed by atoms with Crippen LogP contribution in [0, 0.1) is 12.3 Å². The molecule has 0 atom stereocenters. The first-order valence-corrected chi connectivity index (χ1v) is 7.19. The molecule has 0 amide bonds. The molecular formula is C15H17BrN2O2. The molecule has 0 unspecified atom stereocenters. The number of Topliss-reactive ketones (excluding diaryl/α,β-unsaturated/α-hetero) is 1. The summed E-state index contributed by atoms with van der Waals surface area (Å²) >= 11 is 3.42. The fourth-order valence-electron chi connectivity index (χ4n) is 1.72. The molecule has 0 spiro atoms. The zero-order valence-electron chi connectivity index (χ0n) is 12.0. The van der Waals surface area contributed by atoms with Crippen molar-refractivity contribution in [3.05, 3.63) is 34.1 Å². The number of hydrogen-bond acceptors (Lipinski definition) is 4. The summed E-state index contributed by atoms with van der Waals surface area (Å²) in [4.78, 5) is 16.3. The van der Waals surface area contributed by atoms with Gasteiger partial charge in [-0.3, -0.25) is 4.79 Å². The van der Waals surface area contributed by atoms with Crippen LogP contribution in [-0.4, -0.2) is 15.9 Å².